The quantitative estimate of drug-likeness (QED) is 0.855. The van der Waals surface area contributed by atoms with Gasteiger partial charge in [-0.3, -0.25) is 0 Å². The number of carbonyl (C=O) groups is 1. The standard InChI is InChI=1S/C15H20BrNO3/c1-15(2,3)17-9-10-8-11(16)4-5-12(10)20-13-6-7-19-14(13)18/h4-5,8,13,17H,6-7,9H2,1-3H3. The number of rotatable bonds is 4. The Bertz CT molecular complexity index is 496. The van der Waals surface area contributed by atoms with Gasteiger partial charge in [-0.1, -0.05) is 15.9 Å². The number of carbonyl (C=O) groups excluding carboxylic acids is 1. The Balaban J connectivity index is 2.12. The number of ether oxygens (including phenoxy) is 2. The lowest BCUT2D eigenvalue weighted by Crippen LogP contribution is -2.35. The molecule has 2 rings (SSSR count). The summed E-state index contributed by atoms with van der Waals surface area (Å²) < 4.78 is 11.7. The summed E-state index contributed by atoms with van der Waals surface area (Å²) in [5.41, 5.74) is 1.04. The summed E-state index contributed by atoms with van der Waals surface area (Å²) in [5.74, 6) is 0.455. The predicted octanol–water partition coefficient (Wildman–Crippen LogP) is 3.03. The Morgan fingerprint density at radius 1 is 1.45 bits per heavy atom. The average Bonchev–Trinajstić information content (AvgIpc) is 2.74. The SMILES string of the molecule is CC(C)(C)NCc1cc(Br)ccc1OC1CCOC1=O. The van der Waals surface area contributed by atoms with Crippen LogP contribution in [-0.2, 0) is 16.1 Å². The van der Waals surface area contributed by atoms with E-state index in [9.17, 15) is 4.79 Å². The molecule has 1 heterocycles. The van der Waals surface area contributed by atoms with Crippen molar-refractivity contribution in [2.24, 2.45) is 0 Å². The highest BCUT2D eigenvalue weighted by Gasteiger charge is 2.29. The summed E-state index contributed by atoms with van der Waals surface area (Å²) >= 11 is 3.47. The van der Waals surface area contributed by atoms with Gasteiger partial charge in [0.1, 0.15) is 5.75 Å². The van der Waals surface area contributed by atoms with Gasteiger partial charge in [0.15, 0.2) is 6.10 Å². The first-order chi connectivity index (χ1) is 9.35. The molecular formula is C15H20BrNO3. The van der Waals surface area contributed by atoms with E-state index in [1.807, 2.05) is 18.2 Å². The van der Waals surface area contributed by atoms with Crippen molar-refractivity contribution in [2.75, 3.05) is 6.61 Å². The fourth-order valence-corrected chi connectivity index (χ4v) is 2.31. The Labute approximate surface area is 128 Å². The van der Waals surface area contributed by atoms with E-state index < -0.39 is 6.10 Å². The maximum Gasteiger partial charge on any atom is 0.347 e. The lowest BCUT2D eigenvalue weighted by Gasteiger charge is -2.22. The smallest absolute Gasteiger partial charge is 0.347 e. The summed E-state index contributed by atoms with van der Waals surface area (Å²) in [6.45, 7) is 7.45. The number of hydrogen-bond acceptors (Lipinski definition) is 4. The van der Waals surface area contributed by atoms with Crippen LogP contribution in [0.5, 0.6) is 5.75 Å². The molecule has 1 atom stereocenters. The number of hydrogen-bond donors (Lipinski definition) is 1. The molecule has 1 aromatic carbocycles. The molecule has 0 spiro atoms. The fourth-order valence-electron chi connectivity index (χ4n) is 1.90. The van der Waals surface area contributed by atoms with E-state index in [1.54, 1.807) is 0 Å². The summed E-state index contributed by atoms with van der Waals surface area (Å²) in [4.78, 5) is 11.5. The summed E-state index contributed by atoms with van der Waals surface area (Å²) in [6.07, 6.45) is 0.130. The second kappa shape index (κ2) is 6.14. The van der Waals surface area contributed by atoms with E-state index in [2.05, 4.69) is 42.0 Å². The van der Waals surface area contributed by atoms with Crippen molar-refractivity contribution in [1.29, 1.82) is 0 Å². The number of nitrogens with one attached hydrogen (secondary N) is 1. The van der Waals surface area contributed by atoms with Gasteiger partial charge < -0.3 is 14.8 Å². The Kier molecular flexibility index (Phi) is 4.70. The molecule has 0 aromatic heterocycles. The molecular weight excluding hydrogens is 322 g/mol. The van der Waals surface area contributed by atoms with Gasteiger partial charge in [0.25, 0.3) is 0 Å². The molecule has 0 amide bonds. The van der Waals surface area contributed by atoms with Gasteiger partial charge in [0.2, 0.25) is 0 Å². The molecule has 0 aliphatic carbocycles. The molecule has 1 fully saturated rings. The van der Waals surface area contributed by atoms with E-state index in [1.165, 1.54) is 0 Å². The lowest BCUT2D eigenvalue weighted by molar-refractivity contribution is -0.143. The minimum absolute atomic E-state index is 0.0197. The molecule has 1 N–H and O–H groups in total. The van der Waals surface area contributed by atoms with Crippen molar-refractivity contribution in [2.45, 2.75) is 45.4 Å². The third-order valence-corrected chi connectivity index (χ3v) is 3.48. The van der Waals surface area contributed by atoms with Crippen LogP contribution in [0.25, 0.3) is 0 Å². The minimum atomic E-state index is -0.482. The van der Waals surface area contributed by atoms with Crippen LogP contribution >= 0.6 is 15.9 Å². The first-order valence-corrected chi connectivity index (χ1v) is 7.51. The molecule has 110 valence electrons. The van der Waals surface area contributed by atoms with Crippen LogP contribution in [0.4, 0.5) is 0 Å². The van der Waals surface area contributed by atoms with Crippen molar-refractivity contribution in [1.82, 2.24) is 5.32 Å². The lowest BCUT2D eigenvalue weighted by atomic mass is 10.1. The van der Waals surface area contributed by atoms with Crippen LogP contribution < -0.4 is 10.1 Å². The number of cyclic esters (lactones) is 1. The molecule has 1 unspecified atom stereocenters. The topological polar surface area (TPSA) is 47.6 Å². The zero-order valence-corrected chi connectivity index (χ0v) is 13.6. The van der Waals surface area contributed by atoms with E-state index in [0.717, 1.165) is 15.8 Å². The second-order valence-corrected chi connectivity index (χ2v) is 6.83. The largest absolute Gasteiger partial charge is 0.478 e. The van der Waals surface area contributed by atoms with Gasteiger partial charge >= 0.3 is 5.97 Å². The molecule has 1 aliphatic rings. The third-order valence-electron chi connectivity index (χ3n) is 2.99. The maximum atomic E-state index is 11.5. The normalized spacial score (nSPS) is 19.0. The Morgan fingerprint density at radius 3 is 2.80 bits per heavy atom. The fraction of sp³-hybridized carbons (Fsp3) is 0.533. The average molecular weight is 342 g/mol. The Hall–Kier alpha value is -1.07. The van der Waals surface area contributed by atoms with Crippen LogP contribution in [0.1, 0.15) is 32.8 Å². The van der Waals surface area contributed by atoms with Crippen molar-refractivity contribution in [3.8, 4) is 5.75 Å². The highest BCUT2D eigenvalue weighted by Crippen LogP contribution is 2.26. The van der Waals surface area contributed by atoms with Crippen LogP contribution in [0.15, 0.2) is 22.7 Å². The highest BCUT2D eigenvalue weighted by atomic mass is 79.9. The van der Waals surface area contributed by atoms with Gasteiger partial charge in [-0.25, -0.2) is 4.79 Å². The van der Waals surface area contributed by atoms with Gasteiger partial charge in [-0.05, 0) is 39.0 Å². The summed E-state index contributed by atoms with van der Waals surface area (Å²) in [6, 6.07) is 5.81. The van der Waals surface area contributed by atoms with Crippen LogP contribution in [0, 0.1) is 0 Å². The molecule has 5 heteroatoms. The molecule has 1 saturated heterocycles. The van der Waals surface area contributed by atoms with Crippen LogP contribution in [0.2, 0.25) is 0 Å². The summed E-state index contributed by atoms with van der Waals surface area (Å²) in [5, 5.41) is 3.42. The van der Waals surface area contributed by atoms with E-state index in [4.69, 9.17) is 9.47 Å². The molecule has 1 aliphatic heterocycles. The highest BCUT2D eigenvalue weighted by molar-refractivity contribution is 9.10. The number of halogens is 1. The monoisotopic (exact) mass is 341 g/mol. The van der Waals surface area contributed by atoms with Crippen molar-refractivity contribution in [3.63, 3.8) is 0 Å². The van der Waals surface area contributed by atoms with Gasteiger partial charge in [-0.2, -0.15) is 0 Å². The summed E-state index contributed by atoms with van der Waals surface area (Å²) in [7, 11) is 0. The Morgan fingerprint density at radius 2 is 2.20 bits per heavy atom. The minimum Gasteiger partial charge on any atom is -0.478 e. The van der Waals surface area contributed by atoms with Gasteiger partial charge in [-0.15, -0.1) is 0 Å². The molecule has 1 aromatic rings. The first kappa shape index (κ1) is 15.3. The molecule has 0 bridgehead atoms. The molecule has 4 nitrogen and oxygen atoms in total. The van der Waals surface area contributed by atoms with E-state index in [-0.39, 0.29) is 11.5 Å². The van der Waals surface area contributed by atoms with Gasteiger partial charge in [0, 0.05) is 28.5 Å². The van der Waals surface area contributed by atoms with E-state index >= 15 is 0 Å². The zero-order chi connectivity index (χ0) is 14.8. The molecule has 0 radical (unpaired) electrons. The number of esters is 1. The zero-order valence-electron chi connectivity index (χ0n) is 12.0. The molecule has 20 heavy (non-hydrogen) atoms. The van der Waals surface area contributed by atoms with Gasteiger partial charge in [0.05, 0.1) is 6.61 Å². The van der Waals surface area contributed by atoms with Crippen LogP contribution in [-0.4, -0.2) is 24.2 Å². The number of benzene rings is 1. The van der Waals surface area contributed by atoms with Crippen molar-refractivity contribution in [3.05, 3.63) is 28.2 Å². The van der Waals surface area contributed by atoms with E-state index in [0.29, 0.717) is 19.6 Å². The van der Waals surface area contributed by atoms with Crippen LogP contribution in [0.3, 0.4) is 0 Å². The van der Waals surface area contributed by atoms with Crippen molar-refractivity contribution < 1.29 is 14.3 Å². The third kappa shape index (κ3) is 4.21. The maximum absolute atomic E-state index is 11.5. The first-order valence-electron chi connectivity index (χ1n) is 6.72. The molecule has 0 saturated carbocycles. The van der Waals surface area contributed by atoms with Crippen molar-refractivity contribution >= 4 is 21.9 Å². The second-order valence-electron chi connectivity index (χ2n) is 5.92. The predicted molar refractivity (Wildman–Crippen MR) is 80.7 cm³/mol.